The van der Waals surface area contributed by atoms with Crippen molar-refractivity contribution >= 4 is 27.8 Å². The highest BCUT2D eigenvalue weighted by Crippen LogP contribution is 2.25. The fourth-order valence-corrected chi connectivity index (χ4v) is 6.69. The van der Waals surface area contributed by atoms with E-state index < -0.39 is 28.0 Å². The minimum Gasteiger partial charge on any atom is -0.318 e. The zero-order chi connectivity index (χ0) is 31.6. The van der Waals surface area contributed by atoms with Gasteiger partial charge in [-0.15, -0.1) is 0 Å². The number of hydrazone groups is 1. The molecule has 44 heavy (non-hydrogen) atoms. The predicted octanol–water partition coefficient (Wildman–Crippen LogP) is 4.55. The summed E-state index contributed by atoms with van der Waals surface area (Å²) in [6.45, 7) is 6.96. The molecular weight excluding hydrogens is 576 g/mol. The van der Waals surface area contributed by atoms with Crippen LogP contribution in [0.2, 0.25) is 0 Å². The SMILES string of the molecule is Cc1ccc(-n2c(C)cc(/C=N/NC(=O)CN(c3c(C)n(C)n(-c4ccccc4)c3=O)S(=O)(=O)c3ccccc3)c2C)cc1. The van der Waals surface area contributed by atoms with Gasteiger partial charge in [0.25, 0.3) is 21.5 Å². The van der Waals surface area contributed by atoms with Crippen LogP contribution >= 0.6 is 0 Å². The highest BCUT2D eigenvalue weighted by molar-refractivity contribution is 7.92. The molecule has 0 fully saturated rings. The fraction of sp³-hybridized carbons (Fsp3) is 0.182. The second-order valence-corrected chi connectivity index (χ2v) is 12.4. The van der Waals surface area contributed by atoms with Crippen molar-refractivity contribution in [2.45, 2.75) is 32.6 Å². The number of hydrogen-bond donors (Lipinski definition) is 1. The van der Waals surface area contributed by atoms with Gasteiger partial charge in [0.05, 0.1) is 22.5 Å². The van der Waals surface area contributed by atoms with E-state index >= 15 is 0 Å². The van der Waals surface area contributed by atoms with Gasteiger partial charge in [0, 0.05) is 29.7 Å². The molecule has 0 radical (unpaired) electrons. The van der Waals surface area contributed by atoms with Gasteiger partial charge in [0.2, 0.25) is 0 Å². The summed E-state index contributed by atoms with van der Waals surface area (Å²) in [7, 11) is -2.64. The number of carbonyl (C=O) groups excluding carboxylic acids is 1. The van der Waals surface area contributed by atoms with Gasteiger partial charge in [-0.25, -0.2) is 22.8 Å². The van der Waals surface area contributed by atoms with Crippen molar-refractivity contribution in [3.63, 3.8) is 0 Å². The van der Waals surface area contributed by atoms with Crippen molar-refractivity contribution in [3.8, 4) is 11.4 Å². The first-order chi connectivity index (χ1) is 21.0. The standard InChI is InChI=1S/C33H34N6O4S/c1-23-16-18-28(19-17-23)38-24(2)20-27(25(38)3)21-34-35-31(40)22-37(44(42,43)30-14-10-7-11-15-30)32-26(4)36(5)39(33(32)41)29-12-8-6-9-13-29/h6-21H,22H2,1-5H3,(H,35,40)/b34-21+. The second kappa shape index (κ2) is 12.2. The molecule has 0 aliphatic heterocycles. The van der Waals surface area contributed by atoms with Gasteiger partial charge in [-0.2, -0.15) is 5.10 Å². The maximum absolute atomic E-state index is 13.9. The zero-order valence-corrected chi connectivity index (χ0v) is 26.0. The van der Waals surface area contributed by atoms with E-state index in [-0.39, 0.29) is 10.6 Å². The van der Waals surface area contributed by atoms with Crippen LogP contribution < -0.4 is 15.3 Å². The normalized spacial score (nSPS) is 11.7. The Labute approximate surface area is 256 Å². The average Bonchev–Trinajstić information content (AvgIpc) is 3.42. The van der Waals surface area contributed by atoms with E-state index in [1.807, 2.05) is 57.2 Å². The number of rotatable bonds is 9. The molecule has 2 aromatic heterocycles. The van der Waals surface area contributed by atoms with Gasteiger partial charge >= 0.3 is 0 Å². The molecule has 0 saturated carbocycles. The third kappa shape index (κ3) is 5.73. The van der Waals surface area contributed by atoms with Crippen LogP contribution in [0.4, 0.5) is 5.69 Å². The van der Waals surface area contributed by atoms with Crippen molar-refractivity contribution in [3.05, 3.63) is 130 Å². The predicted molar refractivity (Wildman–Crippen MR) is 172 cm³/mol. The Morgan fingerprint density at radius 2 is 1.48 bits per heavy atom. The molecule has 0 saturated heterocycles. The molecule has 0 aliphatic carbocycles. The molecule has 0 spiro atoms. The number of aromatic nitrogens is 3. The summed E-state index contributed by atoms with van der Waals surface area (Å²) in [6.07, 6.45) is 1.52. The number of carbonyl (C=O) groups is 1. The number of aryl methyl sites for hydroxylation is 2. The summed E-state index contributed by atoms with van der Waals surface area (Å²) in [6, 6.07) is 26.7. The quantitative estimate of drug-likeness (QED) is 0.195. The monoisotopic (exact) mass is 610 g/mol. The summed E-state index contributed by atoms with van der Waals surface area (Å²) in [5.41, 5.74) is 7.57. The van der Waals surface area contributed by atoms with Crippen LogP contribution in [0.3, 0.4) is 0 Å². The smallest absolute Gasteiger partial charge is 0.296 e. The Morgan fingerprint density at radius 1 is 0.864 bits per heavy atom. The van der Waals surface area contributed by atoms with Crippen molar-refractivity contribution < 1.29 is 13.2 Å². The lowest BCUT2D eigenvalue weighted by Gasteiger charge is -2.22. The van der Waals surface area contributed by atoms with Crippen LogP contribution in [0.1, 0.15) is 28.2 Å². The molecule has 10 nitrogen and oxygen atoms in total. The highest BCUT2D eigenvalue weighted by Gasteiger charge is 2.33. The lowest BCUT2D eigenvalue weighted by molar-refractivity contribution is -0.119. The van der Waals surface area contributed by atoms with E-state index in [4.69, 9.17) is 0 Å². The van der Waals surface area contributed by atoms with Crippen molar-refractivity contribution in [1.29, 1.82) is 0 Å². The summed E-state index contributed by atoms with van der Waals surface area (Å²) >= 11 is 0. The molecule has 226 valence electrons. The maximum Gasteiger partial charge on any atom is 0.296 e. The van der Waals surface area contributed by atoms with E-state index in [1.54, 1.807) is 61.1 Å². The molecule has 0 atom stereocenters. The molecule has 5 aromatic rings. The number of para-hydroxylation sites is 1. The molecule has 0 bridgehead atoms. The highest BCUT2D eigenvalue weighted by atomic mass is 32.2. The van der Waals surface area contributed by atoms with E-state index in [0.29, 0.717) is 11.4 Å². The summed E-state index contributed by atoms with van der Waals surface area (Å²) < 4.78 is 33.7. The van der Waals surface area contributed by atoms with Crippen molar-refractivity contribution in [1.82, 2.24) is 19.4 Å². The van der Waals surface area contributed by atoms with Crippen LogP contribution in [-0.2, 0) is 21.9 Å². The third-order valence-corrected chi connectivity index (χ3v) is 9.31. The molecular formula is C33H34N6O4S. The first-order valence-corrected chi connectivity index (χ1v) is 15.4. The van der Waals surface area contributed by atoms with Crippen LogP contribution in [0.5, 0.6) is 0 Å². The second-order valence-electron chi connectivity index (χ2n) is 10.5. The fourth-order valence-electron chi connectivity index (χ4n) is 5.19. The first kappa shape index (κ1) is 30.3. The largest absolute Gasteiger partial charge is 0.318 e. The Bertz CT molecular complexity index is 2010. The minimum absolute atomic E-state index is 0.0474. The summed E-state index contributed by atoms with van der Waals surface area (Å²) in [5, 5.41) is 4.13. The zero-order valence-electron chi connectivity index (χ0n) is 25.2. The molecule has 3 aromatic carbocycles. The van der Waals surface area contributed by atoms with E-state index in [1.165, 1.54) is 23.0 Å². The number of nitrogens with one attached hydrogen (secondary N) is 1. The number of nitrogens with zero attached hydrogens (tertiary/aromatic N) is 5. The molecule has 2 heterocycles. The lowest BCUT2D eigenvalue weighted by Crippen LogP contribution is -2.42. The molecule has 0 aliphatic rings. The number of anilines is 1. The number of benzene rings is 3. The minimum atomic E-state index is -4.31. The summed E-state index contributed by atoms with van der Waals surface area (Å²) in [4.78, 5) is 27.0. The number of hydrogen-bond acceptors (Lipinski definition) is 5. The Morgan fingerprint density at radius 3 is 2.11 bits per heavy atom. The first-order valence-electron chi connectivity index (χ1n) is 14.0. The van der Waals surface area contributed by atoms with Crippen LogP contribution in [0.15, 0.2) is 106 Å². The molecule has 5 rings (SSSR count). The molecule has 1 N–H and O–H groups in total. The van der Waals surface area contributed by atoms with Crippen LogP contribution in [0, 0.1) is 27.7 Å². The van der Waals surface area contributed by atoms with Gasteiger partial charge in [-0.05, 0) is 70.2 Å². The van der Waals surface area contributed by atoms with Crippen LogP contribution in [0.25, 0.3) is 11.4 Å². The Kier molecular flexibility index (Phi) is 8.41. The Hall–Kier alpha value is -5.16. The molecule has 11 heteroatoms. The van der Waals surface area contributed by atoms with Crippen molar-refractivity contribution in [2.24, 2.45) is 12.1 Å². The Balaban J connectivity index is 1.46. The molecule has 1 amide bonds. The number of sulfonamides is 1. The van der Waals surface area contributed by atoms with Gasteiger partial charge in [-0.3, -0.25) is 14.3 Å². The van der Waals surface area contributed by atoms with Gasteiger partial charge in [-0.1, -0.05) is 54.1 Å². The average molecular weight is 611 g/mol. The lowest BCUT2D eigenvalue weighted by atomic mass is 10.2. The van der Waals surface area contributed by atoms with E-state index in [9.17, 15) is 18.0 Å². The molecule has 0 unspecified atom stereocenters. The van der Waals surface area contributed by atoms with Gasteiger partial charge in [0.15, 0.2) is 0 Å². The van der Waals surface area contributed by atoms with Crippen LogP contribution in [-0.4, -0.2) is 41.0 Å². The van der Waals surface area contributed by atoms with Gasteiger partial charge < -0.3 is 4.57 Å². The van der Waals surface area contributed by atoms with Crippen molar-refractivity contribution in [2.75, 3.05) is 10.8 Å². The topological polar surface area (TPSA) is 111 Å². The third-order valence-electron chi connectivity index (χ3n) is 7.55. The van der Waals surface area contributed by atoms with E-state index in [0.717, 1.165) is 32.5 Å². The number of amides is 1. The summed E-state index contributed by atoms with van der Waals surface area (Å²) in [5.74, 6) is -0.706. The van der Waals surface area contributed by atoms with E-state index in [2.05, 4.69) is 15.1 Å². The maximum atomic E-state index is 13.9. The van der Waals surface area contributed by atoms with Gasteiger partial charge in [0.1, 0.15) is 12.2 Å².